The van der Waals surface area contributed by atoms with Crippen molar-refractivity contribution in [2.75, 3.05) is 0 Å². The predicted octanol–water partition coefficient (Wildman–Crippen LogP) is 6.59. The summed E-state index contributed by atoms with van der Waals surface area (Å²) < 4.78 is 67.3. The number of hydrogen-bond donors (Lipinski definition) is 1. The lowest BCUT2D eigenvalue weighted by atomic mass is 10.2. The fraction of sp³-hybridized carbons (Fsp3) is 0.0588. The zero-order chi connectivity index (χ0) is 36.2. The molecule has 8 aromatic rings. The summed E-state index contributed by atoms with van der Waals surface area (Å²) in [7, 11) is 0. The standard InChI is InChI=1S/C17H10ClF2N5O.C17H11F2N5O2/c18-16-12(20)8-21-17(22-16)14-7-15(13-5-6-26-24-13)25(23-14)9-10-3-1-2-4-11(10)19;18-11-4-2-1-3-10(11)9-24-15(13-5-6-26-23-13)7-14(22-24)16-20-8-12(19)17(25)21-16/h1-8H,9H2;1-8H,9H2,(H,20,21,25). The molecule has 0 saturated carbocycles. The Balaban J connectivity index is 0.000000162. The molecule has 18 heteroatoms. The highest BCUT2D eigenvalue weighted by molar-refractivity contribution is 6.29. The lowest BCUT2D eigenvalue weighted by Gasteiger charge is -2.06. The highest BCUT2D eigenvalue weighted by atomic mass is 35.5. The van der Waals surface area contributed by atoms with E-state index in [1.54, 1.807) is 65.3 Å². The maximum absolute atomic E-state index is 14.0. The molecule has 0 spiro atoms. The zero-order valence-corrected chi connectivity index (χ0v) is 27.0. The van der Waals surface area contributed by atoms with Crippen molar-refractivity contribution in [2.45, 2.75) is 13.1 Å². The van der Waals surface area contributed by atoms with Gasteiger partial charge in [-0.05, 0) is 24.3 Å². The summed E-state index contributed by atoms with van der Waals surface area (Å²) >= 11 is 5.72. The number of benzene rings is 2. The van der Waals surface area contributed by atoms with Crippen molar-refractivity contribution >= 4 is 11.6 Å². The van der Waals surface area contributed by atoms with Gasteiger partial charge in [0.1, 0.15) is 46.9 Å². The highest BCUT2D eigenvalue weighted by Gasteiger charge is 2.19. The lowest BCUT2D eigenvalue weighted by molar-refractivity contribution is 0.421. The van der Waals surface area contributed by atoms with Gasteiger partial charge in [-0.15, -0.1) is 0 Å². The summed E-state index contributed by atoms with van der Waals surface area (Å²) in [6.45, 7) is 0.282. The van der Waals surface area contributed by atoms with Crippen molar-refractivity contribution in [2.24, 2.45) is 0 Å². The van der Waals surface area contributed by atoms with Crippen LogP contribution in [0.25, 0.3) is 45.8 Å². The van der Waals surface area contributed by atoms with E-state index in [0.717, 1.165) is 12.4 Å². The number of aromatic amines is 1. The molecule has 2 aromatic carbocycles. The topological polar surface area (TPSA) is 159 Å². The molecule has 0 aliphatic rings. The van der Waals surface area contributed by atoms with Gasteiger partial charge >= 0.3 is 0 Å². The summed E-state index contributed by atoms with van der Waals surface area (Å²) in [5.74, 6) is -2.20. The average Bonchev–Trinajstić information content (AvgIpc) is 3.97. The molecule has 1 N–H and O–H groups in total. The van der Waals surface area contributed by atoms with Gasteiger partial charge < -0.3 is 14.0 Å². The summed E-state index contributed by atoms with van der Waals surface area (Å²) in [6, 6.07) is 19.2. The van der Waals surface area contributed by atoms with Crippen LogP contribution < -0.4 is 5.56 Å². The van der Waals surface area contributed by atoms with Crippen LogP contribution in [-0.2, 0) is 13.1 Å². The van der Waals surface area contributed by atoms with Crippen molar-refractivity contribution in [3.63, 3.8) is 0 Å². The Kier molecular flexibility index (Phi) is 9.48. The first-order chi connectivity index (χ1) is 25.2. The second-order valence-electron chi connectivity index (χ2n) is 10.8. The molecule has 6 aromatic heterocycles. The van der Waals surface area contributed by atoms with Crippen molar-refractivity contribution in [3.8, 4) is 45.8 Å². The minimum absolute atomic E-state index is 0.0911. The van der Waals surface area contributed by atoms with Crippen molar-refractivity contribution in [1.29, 1.82) is 0 Å². The number of halogens is 5. The third kappa shape index (κ3) is 7.24. The number of hydrogen-bond acceptors (Lipinski definition) is 10. The molecular formula is C34H21ClF4N10O3. The monoisotopic (exact) mass is 728 g/mol. The first kappa shape index (κ1) is 33.7. The average molecular weight is 729 g/mol. The second kappa shape index (κ2) is 14.6. The molecule has 6 heterocycles. The van der Waals surface area contributed by atoms with Crippen LogP contribution in [0.5, 0.6) is 0 Å². The van der Waals surface area contributed by atoms with Crippen LogP contribution in [0, 0.1) is 23.3 Å². The van der Waals surface area contributed by atoms with Gasteiger partial charge in [0.05, 0.1) is 36.9 Å². The number of rotatable bonds is 8. The number of aromatic nitrogens is 10. The first-order valence-electron chi connectivity index (χ1n) is 15.1. The molecule has 0 unspecified atom stereocenters. The van der Waals surface area contributed by atoms with E-state index in [2.05, 4.69) is 40.4 Å². The van der Waals surface area contributed by atoms with Crippen LogP contribution in [0.15, 0.2) is 112 Å². The highest BCUT2D eigenvalue weighted by Crippen LogP contribution is 2.27. The minimum atomic E-state index is -0.990. The Hall–Kier alpha value is -6.75. The summed E-state index contributed by atoms with van der Waals surface area (Å²) in [4.78, 5) is 25.4. The van der Waals surface area contributed by atoms with Crippen LogP contribution >= 0.6 is 11.6 Å². The van der Waals surface area contributed by atoms with Crippen molar-refractivity contribution in [1.82, 2.24) is 49.8 Å². The first-order valence-corrected chi connectivity index (χ1v) is 15.5. The predicted molar refractivity (Wildman–Crippen MR) is 176 cm³/mol. The van der Waals surface area contributed by atoms with E-state index in [9.17, 15) is 22.4 Å². The molecule has 0 saturated heterocycles. The molecule has 0 atom stereocenters. The third-order valence-corrected chi connectivity index (χ3v) is 7.71. The quantitative estimate of drug-likeness (QED) is 0.134. The second-order valence-corrected chi connectivity index (χ2v) is 11.2. The van der Waals surface area contributed by atoms with Crippen LogP contribution in [0.3, 0.4) is 0 Å². The van der Waals surface area contributed by atoms with Gasteiger partial charge in [0.25, 0.3) is 5.56 Å². The molecule has 260 valence electrons. The molecule has 0 fully saturated rings. The van der Waals surface area contributed by atoms with Gasteiger partial charge in [0.2, 0.25) is 5.82 Å². The van der Waals surface area contributed by atoms with E-state index in [1.165, 1.54) is 29.3 Å². The van der Waals surface area contributed by atoms with Gasteiger partial charge in [-0.1, -0.05) is 58.3 Å². The van der Waals surface area contributed by atoms with E-state index in [1.807, 2.05) is 0 Å². The molecule has 13 nitrogen and oxygen atoms in total. The minimum Gasteiger partial charge on any atom is -0.364 e. The van der Waals surface area contributed by atoms with E-state index in [-0.39, 0.29) is 47.2 Å². The number of nitrogens with zero attached hydrogens (tertiary/aromatic N) is 9. The maximum atomic E-state index is 14.0. The number of nitrogens with one attached hydrogen (secondary N) is 1. The normalized spacial score (nSPS) is 11.0. The molecule has 0 bridgehead atoms. The van der Waals surface area contributed by atoms with E-state index in [0.29, 0.717) is 39.6 Å². The molecule has 0 aliphatic carbocycles. The van der Waals surface area contributed by atoms with E-state index < -0.39 is 17.2 Å². The van der Waals surface area contributed by atoms with Gasteiger partial charge in [-0.2, -0.15) is 14.6 Å². The van der Waals surface area contributed by atoms with Crippen LogP contribution in [-0.4, -0.2) is 49.8 Å². The Morgan fingerprint density at radius 2 is 1.19 bits per heavy atom. The van der Waals surface area contributed by atoms with Crippen LogP contribution in [0.4, 0.5) is 17.6 Å². The number of H-pyrrole nitrogens is 1. The van der Waals surface area contributed by atoms with Gasteiger partial charge in [-0.3, -0.25) is 14.2 Å². The molecule has 8 rings (SSSR count). The molecule has 52 heavy (non-hydrogen) atoms. The Labute approximate surface area is 294 Å². The lowest BCUT2D eigenvalue weighted by Crippen LogP contribution is -2.12. The van der Waals surface area contributed by atoms with Crippen LogP contribution in [0.1, 0.15) is 11.1 Å². The van der Waals surface area contributed by atoms with Crippen molar-refractivity contribution in [3.05, 3.63) is 148 Å². The van der Waals surface area contributed by atoms with Crippen molar-refractivity contribution < 1.29 is 26.6 Å². The summed E-state index contributed by atoms with van der Waals surface area (Å²) in [5.41, 5.74) is 2.69. The molecule has 0 aliphatic heterocycles. The maximum Gasteiger partial charge on any atom is 0.287 e. The largest absolute Gasteiger partial charge is 0.364 e. The zero-order valence-electron chi connectivity index (χ0n) is 26.3. The van der Waals surface area contributed by atoms with Crippen LogP contribution in [0.2, 0.25) is 5.15 Å². The fourth-order valence-corrected chi connectivity index (χ4v) is 5.09. The van der Waals surface area contributed by atoms with Gasteiger partial charge in [0, 0.05) is 23.3 Å². The van der Waals surface area contributed by atoms with Gasteiger partial charge in [-0.25, -0.2) is 28.1 Å². The molecule has 0 radical (unpaired) electrons. The SMILES string of the molecule is Fc1ccccc1Cn1nc(-c2ncc(F)c(Cl)n2)cc1-c1ccon1.O=c1[nH]c(-c2cc(-c3ccon3)n(Cc3ccccc3F)n2)ncc1F. The Morgan fingerprint density at radius 1 is 0.654 bits per heavy atom. The third-order valence-electron chi connectivity index (χ3n) is 7.45. The smallest absolute Gasteiger partial charge is 0.287 e. The van der Waals surface area contributed by atoms with Gasteiger partial charge in [0.15, 0.2) is 22.6 Å². The Morgan fingerprint density at radius 3 is 1.71 bits per heavy atom. The molecule has 0 amide bonds. The molecular weight excluding hydrogens is 708 g/mol. The van der Waals surface area contributed by atoms with E-state index >= 15 is 0 Å². The summed E-state index contributed by atoms with van der Waals surface area (Å²) in [5, 5.41) is 16.2. The van der Waals surface area contributed by atoms with E-state index in [4.69, 9.17) is 20.6 Å². The summed E-state index contributed by atoms with van der Waals surface area (Å²) in [6.07, 6.45) is 4.60. The Bertz CT molecular complexity index is 2540. The fourth-order valence-electron chi connectivity index (χ4n) is 4.96.